The summed E-state index contributed by atoms with van der Waals surface area (Å²) >= 11 is 0. The Morgan fingerprint density at radius 2 is 2.00 bits per heavy atom. The maximum absolute atomic E-state index is 11.9. The van der Waals surface area contributed by atoms with Gasteiger partial charge in [0.25, 0.3) is 0 Å². The minimum Gasteiger partial charge on any atom is -0.340 e. The van der Waals surface area contributed by atoms with Crippen molar-refractivity contribution in [3.8, 4) is 6.07 Å². The van der Waals surface area contributed by atoms with Gasteiger partial charge in [-0.05, 0) is 0 Å². The van der Waals surface area contributed by atoms with Crippen LogP contribution in [0.25, 0.3) is 0 Å². The lowest BCUT2D eigenvalue weighted by molar-refractivity contribution is -0.138. The van der Waals surface area contributed by atoms with Crippen LogP contribution in [0.2, 0.25) is 0 Å². The predicted molar refractivity (Wildman–Crippen MR) is 59.6 cm³/mol. The minimum absolute atomic E-state index is 0.214. The van der Waals surface area contributed by atoms with Crippen molar-refractivity contribution in [2.75, 3.05) is 45.8 Å². The third-order valence-electron chi connectivity index (χ3n) is 3.35. The fourth-order valence-electron chi connectivity index (χ4n) is 2.12. The van der Waals surface area contributed by atoms with Crippen molar-refractivity contribution in [2.24, 2.45) is 5.92 Å². The molecule has 0 aromatic carbocycles. The zero-order chi connectivity index (χ0) is 11.4. The van der Waals surface area contributed by atoms with Crippen molar-refractivity contribution in [3.63, 3.8) is 0 Å². The van der Waals surface area contributed by atoms with Gasteiger partial charge in [0.1, 0.15) is 0 Å². The molecule has 1 amide bonds. The molecule has 0 atom stereocenters. The maximum Gasteiger partial charge on any atom is 0.228 e. The highest BCUT2D eigenvalue weighted by Crippen LogP contribution is 2.11. The molecule has 2 aliphatic rings. The van der Waals surface area contributed by atoms with Crippen LogP contribution in [-0.4, -0.2) is 61.5 Å². The molecule has 0 unspecified atom stereocenters. The van der Waals surface area contributed by atoms with Crippen molar-refractivity contribution < 1.29 is 4.79 Å². The topological polar surface area (TPSA) is 59.4 Å². The second-order valence-corrected chi connectivity index (χ2v) is 4.43. The van der Waals surface area contributed by atoms with Crippen LogP contribution in [0, 0.1) is 17.2 Å². The van der Waals surface area contributed by atoms with E-state index < -0.39 is 0 Å². The average Bonchev–Trinajstić information content (AvgIpc) is 2.24. The Kier molecular flexibility index (Phi) is 3.75. The fourth-order valence-corrected chi connectivity index (χ4v) is 2.12. The van der Waals surface area contributed by atoms with Gasteiger partial charge in [0.05, 0.1) is 12.0 Å². The van der Waals surface area contributed by atoms with E-state index in [0.717, 1.165) is 45.8 Å². The Balaban J connectivity index is 1.72. The van der Waals surface area contributed by atoms with Crippen LogP contribution in [-0.2, 0) is 4.79 Å². The summed E-state index contributed by atoms with van der Waals surface area (Å²) in [7, 11) is 0. The molecule has 0 aliphatic carbocycles. The molecular weight excluding hydrogens is 204 g/mol. The first-order valence-electron chi connectivity index (χ1n) is 5.90. The first kappa shape index (κ1) is 11.4. The van der Waals surface area contributed by atoms with Gasteiger partial charge in [-0.2, -0.15) is 5.26 Å². The lowest BCUT2D eigenvalue weighted by Crippen LogP contribution is -2.56. The summed E-state index contributed by atoms with van der Waals surface area (Å²) in [6, 6.07) is 2.15. The number of piperazine rings is 1. The number of hydrogen-bond donors (Lipinski definition) is 1. The summed E-state index contributed by atoms with van der Waals surface area (Å²) in [5, 5.41) is 11.6. The monoisotopic (exact) mass is 222 g/mol. The molecule has 1 N–H and O–H groups in total. The largest absolute Gasteiger partial charge is 0.340 e. The van der Waals surface area contributed by atoms with Crippen LogP contribution in [0.4, 0.5) is 0 Å². The van der Waals surface area contributed by atoms with Crippen LogP contribution >= 0.6 is 0 Å². The molecule has 0 saturated carbocycles. The lowest BCUT2D eigenvalue weighted by Gasteiger charge is -2.38. The molecule has 0 aromatic heterocycles. The number of amides is 1. The van der Waals surface area contributed by atoms with Crippen LogP contribution in [0.5, 0.6) is 0 Å². The zero-order valence-electron chi connectivity index (χ0n) is 9.48. The molecule has 16 heavy (non-hydrogen) atoms. The number of carbonyl (C=O) groups excluding carboxylic acids is 1. The van der Waals surface area contributed by atoms with E-state index in [1.165, 1.54) is 0 Å². The smallest absolute Gasteiger partial charge is 0.228 e. The summed E-state index contributed by atoms with van der Waals surface area (Å²) < 4.78 is 0. The molecule has 2 heterocycles. The number of nitriles is 1. The minimum atomic E-state index is 0.214. The standard InChI is InChI=1S/C11H18N4O/c12-2-1-3-14-4-6-15(7-5-14)11(16)10-8-13-9-10/h10,13H,1,3-9H2. The summed E-state index contributed by atoms with van der Waals surface area (Å²) in [4.78, 5) is 16.1. The van der Waals surface area contributed by atoms with E-state index in [1.807, 2.05) is 4.90 Å². The van der Waals surface area contributed by atoms with E-state index in [0.29, 0.717) is 12.3 Å². The maximum atomic E-state index is 11.9. The number of hydrogen-bond acceptors (Lipinski definition) is 4. The highest BCUT2D eigenvalue weighted by molar-refractivity contribution is 5.80. The van der Waals surface area contributed by atoms with E-state index in [9.17, 15) is 4.79 Å². The Morgan fingerprint density at radius 1 is 1.31 bits per heavy atom. The average molecular weight is 222 g/mol. The first-order chi connectivity index (χ1) is 7.81. The van der Waals surface area contributed by atoms with Gasteiger partial charge >= 0.3 is 0 Å². The molecule has 0 radical (unpaired) electrons. The molecule has 88 valence electrons. The number of nitrogens with zero attached hydrogens (tertiary/aromatic N) is 3. The Labute approximate surface area is 96.0 Å². The van der Waals surface area contributed by atoms with E-state index in [2.05, 4.69) is 16.3 Å². The van der Waals surface area contributed by atoms with Gasteiger partial charge in [0, 0.05) is 52.2 Å². The van der Waals surface area contributed by atoms with E-state index in [1.54, 1.807) is 0 Å². The van der Waals surface area contributed by atoms with Crippen molar-refractivity contribution in [2.45, 2.75) is 6.42 Å². The number of carbonyl (C=O) groups is 1. The molecule has 5 heteroatoms. The third kappa shape index (κ3) is 2.52. The SMILES string of the molecule is N#CCCN1CCN(C(=O)C2CNC2)CC1. The fraction of sp³-hybridized carbons (Fsp3) is 0.818. The second kappa shape index (κ2) is 5.28. The predicted octanol–water partition coefficient (Wildman–Crippen LogP) is -0.736. The molecule has 2 rings (SSSR count). The van der Waals surface area contributed by atoms with E-state index in [-0.39, 0.29) is 5.92 Å². The van der Waals surface area contributed by atoms with Crippen molar-refractivity contribution in [1.82, 2.24) is 15.1 Å². The van der Waals surface area contributed by atoms with Crippen LogP contribution in [0.3, 0.4) is 0 Å². The highest BCUT2D eigenvalue weighted by Gasteiger charge is 2.30. The van der Waals surface area contributed by atoms with Crippen molar-refractivity contribution in [1.29, 1.82) is 5.26 Å². The van der Waals surface area contributed by atoms with Gasteiger partial charge in [-0.15, -0.1) is 0 Å². The molecular formula is C11H18N4O. The summed E-state index contributed by atoms with van der Waals surface area (Å²) in [6.45, 7) is 5.98. The number of rotatable bonds is 3. The van der Waals surface area contributed by atoms with Gasteiger partial charge in [-0.1, -0.05) is 0 Å². The summed E-state index contributed by atoms with van der Waals surface area (Å²) in [5.74, 6) is 0.518. The van der Waals surface area contributed by atoms with Crippen LogP contribution in [0.15, 0.2) is 0 Å². The quantitative estimate of drug-likeness (QED) is 0.683. The second-order valence-electron chi connectivity index (χ2n) is 4.43. The number of nitrogens with one attached hydrogen (secondary N) is 1. The van der Waals surface area contributed by atoms with E-state index >= 15 is 0 Å². The summed E-state index contributed by atoms with van der Waals surface area (Å²) in [5.41, 5.74) is 0. The Bertz CT molecular complexity index is 287. The van der Waals surface area contributed by atoms with Gasteiger partial charge in [0.2, 0.25) is 5.91 Å². The molecule has 2 aliphatic heterocycles. The zero-order valence-corrected chi connectivity index (χ0v) is 9.48. The van der Waals surface area contributed by atoms with Crippen LogP contribution in [0.1, 0.15) is 6.42 Å². The van der Waals surface area contributed by atoms with Gasteiger partial charge in [0.15, 0.2) is 0 Å². The van der Waals surface area contributed by atoms with Gasteiger partial charge < -0.3 is 10.2 Å². The Hall–Kier alpha value is -1.12. The van der Waals surface area contributed by atoms with Crippen LogP contribution < -0.4 is 5.32 Å². The normalized spacial score (nSPS) is 22.6. The molecule has 0 aromatic rings. The van der Waals surface area contributed by atoms with Gasteiger partial charge in [-0.25, -0.2) is 0 Å². The first-order valence-corrected chi connectivity index (χ1v) is 5.90. The van der Waals surface area contributed by atoms with Crippen molar-refractivity contribution in [3.05, 3.63) is 0 Å². The third-order valence-corrected chi connectivity index (χ3v) is 3.35. The molecule has 2 saturated heterocycles. The van der Waals surface area contributed by atoms with Gasteiger partial charge in [-0.3, -0.25) is 9.69 Å². The van der Waals surface area contributed by atoms with E-state index in [4.69, 9.17) is 5.26 Å². The van der Waals surface area contributed by atoms with Crippen molar-refractivity contribution >= 4 is 5.91 Å². The molecule has 0 spiro atoms. The Morgan fingerprint density at radius 3 is 2.50 bits per heavy atom. The molecule has 0 bridgehead atoms. The summed E-state index contributed by atoms with van der Waals surface area (Å²) in [6.07, 6.45) is 0.584. The lowest BCUT2D eigenvalue weighted by atomic mass is 10.0. The molecule has 2 fully saturated rings. The highest BCUT2D eigenvalue weighted by atomic mass is 16.2. The molecule has 5 nitrogen and oxygen atoms in total.